The lowest BCUT2D eigenvalue weighted by molar-refractivity contribution is -0.120. The van der Waals surface area contributed by atoms with Crippen molar-refractivity contribution >= 4 is 34.0 Å². The van der Waals surface area contributed by atoms with E-state index >= 15 is 0 Å². The number of benzene rings is 2. The standard InChI is InChI=1S/C25H29ClN2OS/c1-2-9-21(13-8-3-5-10-19-14-16-22(26)17-15-19)24(29)28-25-27-23(18-30-25)20-11-6-4-7-12-20/h4,6-7,11-12,14-18,21H,2-3,5,8-10,13H2,1H3,(H,27,28,29). The Hall–Kier alpha value is -2.17. The van der Waals surface area contributed by atoms with Crippen LogP contribution < -0.4 is 5.32 Å². The molecule has 0 saturated carbocycles. The quantitative estimate of drug-likeness (QED) is 0.311. The number of hydrogen-bond donors (Lipinski definition) is 1. The van der Waals surface area contributed by atoms with E-state index in [4.69, 9.17) is 11.6 Å². The Morgan fingerprint density at radius 3 is 2.53 bits per heavy atom. The number of aromatic nitrogens is 1. The third-order valence-electron chi connectivity index (χ3n) is 5.24. The molecule has 0 aliphatic rings. The molecule has 1 amide bonds. The first-order valence-corrected chi connectivity index (χ1v) is 12.0. The second-order valence-electron chi connectivity index (χ2n) is 7.60. The first-order valence-electron chi connectivity index (χ1n) is 10.7. The molecule has 158 valence electrons. The van der Waals surface area contributed by atoms with Crippen molar-refractivity contribution in [3.63, 3.8) is 0 Å². The van der Waals surface area contributed by atoms with Gasteiger partial charge in [-0.1, -0.05) is 80.3 Å². The molecule has 0 bridgehead atoms. The second kappa shape index (κ2) is 11.9. The SMILES string of the molecule is CCCC(CCCCCc1ccc(Cl)cc1)C(=O)Nc1nc(-c2ccccc2)cs1. The van der Waals surface area contributed by atoms with Crippen LogP contribution in [0, 0.1) is 5.92 Å². The number of carbonyl (C=O) groups is 1. The third-order valence-corrected chi connectivity index (χ3v) is 6.25. The van der Waals surface area contributed by atoms with Crippen molar-refractivity contribution in [3.05, 3.63) is 70.6 Å². The summed E-state index contributed by atoms with van der Waals surface area (Å²) in [6.45, 7) is 2.14. The number of nitrogens with one attached hydrogen (secondary N) is 1. The van der Waals surface area contributed by atoms with Crippen LogP contribution in [0.1, 0.15) is 51.0 Å². The summed E-state index contributed by atoms with van der Waals surface area (Å²) in [5, 5.41) is 6.51. The number of thiazole rings is 1. The van der Waals surface area contributed by atoms with E-state index in [1.807, 2.05) is 47.8 Å². The van der Waals surface area contributed by atoms with E-state index in [1.165, 1.54) is 16.9 Å². The van der Waals surface area contributed by atoms with Gasteiger partial charge in [-0.3, -0.25) is 4.79 Å². The summed E-state index contributed by atoms with van der Waals surface area (Å²) in [4.78, 5) is 17.4. The lowest BCUT2D eigenvalue weighted by Crippen LogP contribution is -2.22. The van der Waals surface area contributed by atoms with Gasteiger partial charge in [0, 0.05) is 21.9 Å². The van der Waals surface area contributed by atoms with Gasteiger partial charge in [-0.2, -0.15) is 0 Å². The zero-order valence-electron chi connectivity index (χ0n) is 17.4. The van der Waals surface area contributed by atoms with Crippen LogP contribution in [-0.4, -0.2) is 10.9 Å². The summed E-state index contributed by atoms with van der Waals surface area (Å²) in [6.07, 6.45) is 7.25. The van der Waals surface area contributed by atoms with Gasteiger partial charge >= 0.3 is 0 Å². The van der Waals surface area contributed by atoms with E-state index in [9.17, 15) is 4.79 Å². The van der Waals surface area contributed by atoms with E-state index in [0.717, 1.165) is 61.2 Å². The van der Waals surface area contributed by atoms with Gasteiger partial charge in [0.25, 0.3) is 0 Å². The van der Waals surface area contributed by atoms with Crippen LogP contribution in [0.2, 0.25) is 5.02 Å². The van der Waals surface area contributed by atoms with E-state index in [0.29, 0.717) is 5.13 Å². The molecule has 1 unspecified atom stereocenters. The predicted molar refractivity (Wildman–Crippen MR) is 128 cm³/mol. The lowest BCUT2D eigenvalue weighted by Gasteiger charge is -2.15. The highest BCUT2D eigenvalue weighted by atomic mass is 35.5. The van der Waals surface area contributed by atoms with Crippen molar-refractivity contribution in [3.8, 4) is 11.3 Å². The molecule has 0 spiro atoms. The minimum absolute atomic E-state index is 0.0506. The van der Waals surface area contributed by atoms with Gasteiger partial charge in [-0.15, -0.1) is 11.3 Å². The average molecular weight is 441 g/mol. The number of carbonyl (C=O) groups excluding carboxylic acids is 1. The highest BCUT2D eigenvalue weighted by Gasteiger charge is 2.18. The maximum absolute atomic E-state index is 12.8. The smallest absolute Gasteiger partial charge is 0.229 e. The Bertz CT molecular complexity index is 908. The van der Waals surface area contributed by atoms with E-state index < -0.39 is 0 Å². The summed E-state index contributed by atoms with van der Waals surface area (Å²) in [7, 11) is 0. The second-order valence-corrected chi connectivity index (χ2v) is 8.90. The molecular weight excluding hydrogens is 412 g/mol. The van der Waals surface area contributed by atoms with E-state index in [-0.39, 0.29) is 11.8 Å². The largest absolute Gasteiger partial charge is 0.302 e. The number of amides is 1. The van der Waals surface area contributed by atoms with Crippen LogP contribution in [-0.2, 0) is 11.2 Å². The van der Waals surface area contributed by atoms with Gasteiger partial charge in [0.1, 0.15) is 0 Å². The molecule has 5 heteroatoms. The molecule has 3 rings (SSSR count). The molecule has 30 heavy (non-hydrogen) atoms. The Kier molecular flexibility index (Phi) is 8.91. The molecule has 0 fully saturated rings. The Morgan fingerprint density at radius 2 is 1.80 bits per heavy atom. The summed E-state index contributed by atoms with van der Waals surface area (Å²) in [5.74, 6) is 0.151. The molecule has 1 heterocycles. The molecule has 3 nitrogen and oxygen atoms in total. The predicted octanol–water partition coefficient (Wildman–Crippen LogP) is 7.62. The van der Waals surface area contributed by atoms with Crippen molar-refractivity contribution in [2.75, 3.05) is 5.32 Å². The van der Waals surface area contributed by atoms with E-state index in [1.54, 1.807) is 0 Å². The maximum atomic E-state index is 12.8. The minimum Gasteiger partial charge on any atom is -0.302 e. The molecule has 1 aromatic heterocycles. The molecule has 0 radical (unpaired) electrons. The number of hydrogen-bond acceptors (Lipinski definition) is 3. The van der Waals surface area contributed by atoms with Crippen molar-refractivity contribution in [2.45, 2.75) is 51.9 Å². The zero-order valence-corrected chi connectivity index (χ0v) is 19.0. The molecule has 1 atom stereocenters. The van der Waals surface area contributed by atoms with Gasteiger partial charge in [0.15, 0.2) is 5.13 Å². The molecule has 3 aromatic rings. The van der Waals surface area contributed by atoms with Crippen LogP contribution >= 0.6 is 22.9 Å². The topological polar surface area (TPSA) is 42.0 Å². The highest BCUT2D eigenvalue weighted by Crippen LogP contribution is 2.26. The molecule has 2 aromatic carbocycles. The number of nitrogens with zero attached hydrogens (tertiary/aromatic N) is 1. The fourth-order valence-electron chi connectivity index (χ4n) is 3.58. The summed E-state index contributed by atoms with van der Waals surface area (Å²) in [5.41, 5.74) is 3.30. The number of anilines is 1. The third kappa shape index (κ3) is 6.96. The number of halogens is 1. The fourth-order valence-corrected chi connectivity index (χ4v) is 4.43. The summed E-state index contributed by atoms with van der Waals surface area (Å²) < 4.78 is 0. The molecular formula is C25H29ClN2OS. The highest BCUT2D eigenvalue weighted by molar-refractivity contribution is 7.14. The van der Waals surface area contributed by atoms with Gasteiger partial charge in [0.05, 0.1) is 5.69 Å². The molecule has 0 aliphatic carbocycles. The van der Waals surface area contributed by atoms with Gasteiger partial charge in [0.2, 0.25) is 5.91 Å². The van der Waals surface area contributed by atoms with Crippen LogP contribution in [0.15, 0.2) is 60.0 Å². The molecule has 0 aliphatic heterocycles. The first-order chi connectivity index (χ1) is 14.7. The molecule has 1 N–H and O–H groups in total. The monoisotopic (exact) mass is 440 g/mol. The van der Waals surface area contributed by atoms with Crippen molar-refractivity contribution in [1.29, 1.82) is 0 Å². The minimum atomic E-state index is 0.0506. The molecule has 0 saturated heterocycles. The van der Waals surface area contributed by atoms with Gasteiger partial charge in [-0.05, 0) is 43.4 Å². The normalized spacial score (nSPS) is 11.9. The number of aryl methyl sites for hydroxylation is 1. The number of rotatable bonds is 11. The van der Waals surface area contributed by atoms with Crippen LogP contribution in [0.4, 0.5) is 5.13 Å². The fraction of sp³-hybridized carbons (Fsp3) is 0.360. The summed E-state index contributed by atoms with van der Waals surface area (Å²) in [6, 6.07) is 18.1. The zero-order chi connectivity index (χ0) is 21.2. The Morgan fingerprint density at radius 1 is 1.03 bits per heavy atom. The van der Waals surface area contributed by atoms with Gasteiger partial charge in [-0.25, -0.2) is 4.98 Å². The van der Waals surface area contributed by atoms with Gasteiger partial charge < -0.3 is 5.32 Å². The first kappa shape index (κ1) is 22.5. The van der Waals surface area contributed by atoms with Crippen molar-refractivity contribution in [2.24, 2.45) is 5.92 Å². The number of unbranched alkanes of at least 4 members (excludes halogenated alkanes) is 2. The Labute approximate surface area is 188 Å². The lowest BCUT2D eigenvalue weighted by atomic mass is 9.95. The Balaban J connectivity index is 1.45. The van der Waals surface area contributed by atoms with E-state index in [2.05, 4.69) is 29.4 Å². The van der Waals surface area contributed by atoms with Crippen LogP contribution in [0.3, 0.4) is 0 Å². The average Bonchev–Trinajstić information content (AvgIpc) is 3.23. The maximum Gasteiger partial charge on any atom is 0.229 e. The van der Waals surface area contributed by atoms with Crippen molar-refractivity contribution < 1.29 is 4.79 Å². The van der Waals surface area contributed by atoms with Crippen LogP contribution in [0.25, 0.3) is 11.3 Å². The summed E-state index contributed by atoms with van der Waals surface area (Å²) >= 11 is 7.42. The van der Waals surface area contributed by atoms with Crippen molar-refractivity contribution in [1.82, 2.24) is 4.98 Å². The van der Waals surface area contributed by atoms with Crippen LogP contribution in [0.5, 0.6) is 0 Å².